The highest BCUT2D eigenvalue weighted by Crippen LogP contribution is 2.47. The van der Waals surface area contributed by atoms with E-state index in [2.05, 4.69) is 9.05 Å². The Labute approximate surface area is 89.1 Å². The zero-order chi connectivity index (χ0) is 11.9. The first-order valence-corrected chi connectivity index (χ1v) is 7.21. The van der Waals surface area contributed by atoms with Crippen LogP contribution in [-0.4, -0.2) is 39.5 Å². The molecule has 0 spiro atoms. The van der Waals surface area contributed by atoms with Crippen molar-refractivity contribution in [3.63, 3.8) is 0 Å². The van der Waals surface area contributed by atoms with Gasteiger partial charge in [-0.15, -0.1) is 0 Å². The first-order chi connectivity index (χ1) is 6.83. The maximum absolute atomic E-state index is 11.3. The summed E-state index contributed by atoms with van der Waals surface area (Å²) in [4.78, 5) is 0. The number of phosphoric acid groups is 1. The molecule has 0 heterocycles. The summed E-state index contributed by atoms with van der Waals surface area (Å²) in [6, 6.07) is 0. The van der Waals surface area contributed by atoms with Crippen molar-refractivity contribution < 1.29 is 31.1 Å². The Morgan fingerprint density at radius 3 is 2.13 bits per heavy atom. The molecule has 0 aromatic carbocycles. The Hall–Kier alpha value is 0.0200. The van der Waals surface area contributed by atoms with E-state index in [1.165, 1.54) is 14.2 Å². The van der Waals surface area contributed by atoms with Crippen LogP contribution in [0.5, 0.6) is 0 Å². The average Bonchev–Trinajstić information content (AvgIpc) is 2.15. The van der Waals surface area contributed by atoms with E-state index >= 15 is 0 Å². The molecule has 15 heavy (non-hydrogen) atoms. The molecule has 92 valence electrons. The van der Waals surface area contributed by atoms with Crippen molar-refractivity contribution in [1.82, 2.24) is 0 Å². The summed E-state index contributed by atoms with van der Waals surface area (Å²) >= 11 is 0. The molecule has 0 rings (SSSR count). The van der Waals surface area contributed by atoms with Crippen molar-refractivity contribution in [2.24, 2.45) is 0 Å². The molecule has 0 aliphatic heterocycles. The predicted octanol–water partition coefficient (Wildman–Crippen LogP) is 1.07. The molecule has 0 bridgehead atoms. The van der Waals surface area contributed by atoms with E-state index in [4.69, 9.17) is 9.08 Å². The highest BCUT2D eigenvalue weighted by Gasteiger charge is 2.21. The summed E-state index contributed by atoms with van der Waals surface area (Å²) in [5.41, 5.74) is 0. The molecular formula is C6H15O7PS. The van der Waals surface area contributed by atoms with Crippen LogP contribution < -0.4 is 0 Å². The Morgan fingerprint density at radius 2 is 1.73 bits per heavy atom. The third-order valence-electron chi connectivity index (χ3n) is 1.49. The highest BCUT2D eigenvalue weighted by molar-refractivity contribution is 7.85. The topological polar surface area (TPSA) is 99.1 Å². The molecule has 0 amide bonds. The zero-order valence-corrected chi connectivity index (χ0v) is 10.3. The Balaban J connectivity index is 3.68. The Kier molecular flexibility index (Phi) is 6.58. The lowest BCUT2D eigenvalue weighted by Gasteiger charge is -2.12. The van der Waals surface area contributed by atoms with Crippen LogP contribution in [0, 0.1) is 0 Å². The van der Waals surface area contributed by atoms with E-state index in [1.54, 1.807) is 0 Å². The second-order valence-corrected chi connectivity index (χ2v) is 6.09. The fourth-order valence-electron chi connectivity index (χ4n) is 0.743. The van der Waals surface area contributed by atoms with Crippen LogP contribution in [0.3, 0.4) is 0 Å². The number of rotatable bonds is 8. The monoisotopic (exact) mass is 262 g/mol. The minimum Gasteiger partial charge on any atom is -0.290 e. The summed E-state index contributed by atoms with van der Waals surface area (Å²) in [5, 5.41) is 0. The minimum atomic E-state index is -3.94. The van der Waals surface area contributed by atoms with Crippen molar-refractivity contribution >= 4 is 17.9 Å². The smallest absolute Gasteiger partial charge is 0.290 e. The van der Waals surface area contributed by atoms with Crippen LogP contribution in [0.4, 0.5) is 0 Å². The van der Waals surface area contributed by atoms with Gasteiger partial charge in [-0.05, 0) is 12.8 Å². The van der Waals surface area contributed by atoms with Crippen molar-refractivity contribution in [3.8, 4) is 0 Å². The van der Waals surface area contributed by atoms with Gasteiger partial charge in [0.25, 0.3) is 10.1 Å². The van der Waals surface area contributed by atoms with Gasteiger partial charge in [-0.25, -0.2) is 4.57 Å². The zero-order valence-electron chi connectivity index (χ0n) is 8.58. The number of hydrogen-bond donors (Lipinski definition) is 1. The number of phosphoric ester groups is 1. The van der Waals surface area contributed by atoms with Gasteiger partial charge in [0, 0.05) is 14.2 Å². The predicted molar refractivity (Wildman–Crippen MR) is 53.2 cm³/mol. The average molecular weight is 262 g/mol. The molecule has 0 aliphatic rings. The molecule has 0 saturated carbocycles. The lowest BCUT2D eigenvalue weighted by molar-refractivity contribution is 0.150. The van der Waals surface area contributed by atoms with E-state index < -0.39 is 17.9 Å². The van der Waals surface area contributed by atoms with Crippen molar-refractivity contribution in [2.75, 3.05) is 26.6 Å². The fraction of sp³-hybridized carbons (Fsp3) is 1.00. The molecule has 0 aliphatic carbocycles. The van der Waals surface area contributed by atoms with E-state index in [-0.39, 0.29) is 18.8 Å². The standard InChI is InChI=1S/C6H15O7PS/c1-11-14(7,12-2)13-5-3-4-6-15(8,9)10/h3-6H2,1-2H3,(H,8,9,10). The lowest BCUT2D eigenvalue weighted by Crippen LogP contribution is -2.05. The minimum absolute atomic E-state index is 0.0362. The summed E-state index contributed by atoms with van der Waals surface area (Å²) in [5.74, 6) is -0.347. The molecule has 0 saturated heterocycles. The summed E-state index contributed by atoms with van der Waals surface area (Å²) in [6.45, 7) is 0.0362. The first kappa shape index (κ1) is 15.0. The summed E-state index contributed by atoms with van der Waals surface area (Å²) in [7, 11) is -5.05. The van der Waals surface area contributed by atoms with Gasteiger partial charge in [-0.3, -0.25) is 18.1 Å². The van der Waals surface area contributed by atoms with Crippen LogP contribution in [0.1, 0.15) is 12.8 Å². The van der Waals surface area contributed by atoms with E-state index in [1.807, 2.05) is 0 Å². The van der Waals surface area contributed by atoms with Crippen LogP contribution in [0.2, 0.25) is 0 Å². The van der Waals surface area contributed by atoms with Gasteiger partial charge in [0.1, 0.15) is 0 Å². The molecule has 0 atom stereocenters. The van der Waals surface area contributed by atoms with Gasteiger partial charge in [-0.2, -0.15) is 8.42 Å². The van der Waals surface area contributed by atoms with Crippen LogP contribution in [-0.2, 0) is 28.3 Å². The molecule has 0 aromatic rings. The third-order valence-corrected chi connectivity index (χ3v) is 3.69. The van der Waals surface area contributed by atoms with Crippen molar-refractivity contribution in [1.29, 1.82) is 0 Å². The van der Waals surface area contributed by atoms with E-state index in [9.17, 15) is 13.0 Å². The van der Waals surface area contributed by atoms with Crippen LogP contribution in [0.15, 0.2) is 0 Å². The maximum Gasteiger partial charge on any atom is 0.474 e. The van der Waals surface area contributed by atoms with Crippen LogP contribution >= 0.6 is 7.82 Å². The Bertz CT molecular complexity index is 303. The molecule has 9 heteroatoms. The number of hydrogen-bond acceptors (Lipinski definition) is 6. The normalized spacial score (nSPS) is 13.0. The molecule has 1 N–H and O–H groups in total. The summed E-state index contributed by atoms with van der Waals surface area (Å²) < 4.78 is 54.0. The van der Waals surface area contributed by atoms with Crippen molar-refractivity contribution in [3.05, 3.63) is 0 Å². The van der Waals surface area contributed by atoms with Gasteiger partial charge in [0.2, 0.25) is 0 Å². The largest absolute Gasteiger partial charge is 0.474 e. The molecular weight excluding hydrogens is 247 g/mol. The molecule has 0 fully saturated rings. The Morgan fingerprint density at radius 1 is 1.20 bits per heavy atom. The second kappa shape index (κ2) is 6.57. The van der Waals surface area contributed by atoms with Gasteiger partial charge in [0.15, 0.2) is 0 Å². The SMILES string of the molecule is COP(=O)(OC)OCCCCS(=O)(=O)O. The molecule has 0 aromatic heterocycles. The second-order valence-electron chi connectivity index (χ2n) is 2.64. The maximum atomic E-state index is 11.3. The van der Waals surface area contributed by atoms with E-state index in [0.717, 1.165) is 0 Å². The molecule has 7 nitrogen and oxygen atoms in total. The quantitative estimate of drug-likeness (QED) is 0.396. The van der Waals surface area contributed by atoms with Gasteiger partial charge < -0.3 is 0 Å². The number of unbranched alkanes of at least 4 members (excludes halogenated alkanes) is 1. The first-order valence-electron chi connectivity index (χ1n) is 4.14. The molecule has 0 radical (unpaired) electrons. The van der Waals surface area contributed by atoms with Gasteiger partial charge >= 0.3 is 7.82 Å². The van der Waals surface area contributed by atoms with Crippen molar-refractivity contribution in [2.45, 2.75) is 12.8 Å². The van der Waals surface area contributed by atoms with E-state index in [0.29, 0.717) is 6.42 Å². The molecule has 0 unspecified atom stereocenters. The fourth-order valence-corrected chi connectivity index (χ4v) is 2.02. The highest BCUT2D eigenvalue weighted by atomic mass is 32.2. The lowest BCUT2D eigenvalue weighted by atomic mass is 10.4. The van der Waals surface area contributed by atoms with Gasteiger partial charge in [0.05, 0.1) is 12.4 Å². The summed E-state index contributed by atoms with van der Waals surface area (Å²) in [6.07, 6.45) is 0.544. The van der Waals surface area contributed by atoms with Crippen LogP contribution in [0.25, 0.3) is 0 Å². The van der Waals surface area contributed by atoms with Gasteiger partial charge in [-0.1, -0.05) is 0 Å². The third kappa shape index (κ3) is 7.89.